The SMILES string of the molecule is c1ccc(Cc2cc3c([nH]2)CCCN3)cc1. The van der Waals surface area contributed by atoms with Gasteiger partial charge in [0, 0.05) is 24.4 Å². The van der Waals surface area contributed by atoms with E-state index >= 15 is 0 Å². The Balaban J connectivity index is 1.83. The van der Waals surface area contributed by atoms with Crippen molar-refractivity contribution in [1.82, 2.24) is 4.98 Å². The highest BCUT2D eigenvalue weighted by atomic mass is 14.9. The molecule has 1 aromatic heterocycles. The van der Waals surface area contributed by atoms with E-state index in [1.165, 1.54) is 35.5 Å². The Hall–Kier alpha value is -1.70. The molecule has 0 unspecified atom stereocenters. The van der Waals surface area contributed by atoms with Crippen molar-refractivity contribution in [3.8, 4) is 0 Å². The summed E-state index contributed by atoms with van der Waals surface area (Å²) in [6.45, 7) is 1.11. The van der Waals surface area contributed by atoms with Crippen LogP contribution in [-0.4, -0.2) is 11.5 Å². The standard InChI is InChI=1S/C14H16N2/c1-2-5-11(6-3-1)9-12-10-14-13(16-12)7-4-8-15-14/h1-3,5-6,10,15-16H,4,7-9H2. The van der Waals surface area contributed by atoms with Crippen molar-refractivity contribution in [3.05, 3.63) is 53.3 Å². The minimum Gasteiger partial charge on any atom is -0.384 e. The van der Waals surface area contributed by atoms with E-state index in [2.05, 4.69) is 46.7 Å². The van der Waals surface area contributed by atoms with Gasteiger partial charge in [0.05, 0.1) is 5.69 Å². The third kappa shape index (κ3) is 1.83. The second kappa shape index (κ2) is 4.05. The first kappa shape index (κ1) is 9.52. The molecule has 0 bridgehead atoms. The lowest BCUT2D eigenvalue weighted by Gasteiger charge is -2.12. The van der Waals surface area contributed by atoms with Crippen LogP contribution in [0.4, 0.5) is 5.69 Å². The Kier molecular flexibility index (Phi) is 2.41. The van der Waals surface area contributed by atoms with Crippen molar-refractivity contribution in [1.29, 1.82) is 0 Å². The van der Waals surface area contributed by atoms with Crippen LogP contribution in [0, 0.1) is 0 Å². The third-order valence-electron chi connectivity index (χ3n) is 3.11. The molecule has 16 heavy (non-hydrogen) atoms. The average molecular weight is 212 g/mol. The zero-order valence-corrected chi connectivity index (χ0v) is 9.29. The summed E-state index contributed by atoms with van der Waals surface area (Å²) in [5.41, 5.74) is 5.35. The van der Waals surface area contributed by atoms with E-state index < -0.39 is 0 Å². The predicted molar refractivity (Wildman–Crippen MR) is 66.9 cm³/mol. The lowest BCUT2D eigenvalue weighted by molar-refractivity contribution is 0.808. The predicted octanol–water partition coefficient (Wildman–Crippen LogP) is 2.96. The van der Waals surface area contributed by atoms with Crippen molar-refractivity contribution < 1.29 is 0 Å². The molecule has 0 amide bonds. The summed E-state index contributed by atoms with van der Waals surface area (Å²) in [5.74, 6) is 0. The van der Waals surface area contributed by atoms with Gasteiger partial charge in [-0.3, -0.25) is 0 Å². The topological polar surface area (TPSA) is 27.8 Å². The summed E-state index contributed by atoms with van der Waals surface area (Å²) >= 11 is 0. The number of aromatic amines is 1. The minimum atomic E-state index is 0.996. The molecule has 2 heterocycles. The first-order chi connectivity index (χ1) is 7.92. The minimum absolute atomic E-state index is 0.996. The number of benzene rings is 1. The Morgan fingerprint density at radius 2 is 2.00 bits per heavy atom. The van der Waals surface area contributed by atoms with Crippen molar-refractivity contribution >= 4 is 5.69 Å². The van der Waals surface area contributed by atoms with Crippen molar-refractivity contribution in [2.75, 3.05) is 11.9 Å². The summed E-state index contributed by atoms with van der Waals surface area (Å²) in [5, 5.41) is 3.44. The number of anilines is 1. The smallest absolute Gasteiger partial charge is 0.0553 e. The molecule has 0 radical (unpaired) electrons. The fourth-order valence-corrected chi connectivity index (χ4v) is 2.31. The normalized spacial score (nSPS) is 14.2. The van der Waals surface area contributed by atoms with Gasteiger partial charge in [-0.2, -0.15) is 0 Å². The zero-order valence-electron chi connectivity index (χ0n) is 9.29. The van der Waals surface area contributed by atoms with Crippen LogP contribution in [0.1, 0.15) is 23.4 Å². The van der Waals surface area contributed by atoms with Gasteiger partial charge in [-0.1, -0.05) is 30.3 Å². The van der Waals surface area contributed by atoms with Crippen LogP contribution >= 0.6 is 0 Å². The molecular formula is C14H16N2. The lowest BCUT2D eigenvalue weighted by Crippen LogP contribution is -2.09. The molecule has 0 aliphatic carbocycles. The molecular weight excluding hydrogens is 196 g/mol. The Labute approximate surface area is 95.7 Å². The van der Waals surface area contributed by atoms with Gasteiger partial charge in [0.2, 0.25) is 0 Å². The first-order valence-electron chi connectivity index (χ1n) is 5.90. The number of fused-ring (bicyclic) bond motifs is 1. The van der Waals surface area contributed by atoms with Gasteiger partial charge in [0.25, 0.3) is 0 Å². The lowest BCUT2D eigenvalue weighted by atomic mass is 10.1. The van der Waals surface area contributed by atoms with Crippen LogP contribution in [0.2, 0.25) is 0 Å². The van der Waals surface area contributed by atoms with Crippen LogP contribution in [0.5, 0.6) is 0 Å². The van der Waals surface area contributed by atoms with E-state index in [4.69, 9.17) is 0 Å². The molecule has 2 N–H and O–H groups in total. The Morgan fingerprint density at radius 1 is 1.12 bits per heavy atom. The maximum atomic E-state index is 3.52. The maximum Gasteiger partial charge on any atom is 0.0553 e. The molecule has 0 fully saturated rings. The summed E-state index contributed by atoms with van der Waals surface area (Å²) in [7, 11) is 0. The summed E-state index contributed by atoms with van der Waals surface area (Å²) in [6, 6.07) is 12.8. The number of rotatable bonds is 2. The Bertz CT molecular complexity index is 447. The number of hydrogen-bond donors (Lipinski definition) is 2. The molecule has 3 rings (SSSR count). The van der Waals surface area contributed by atoms with Gasteiger partial charge in [-0.25, -0.2) is 0 Å². The van der Waals surface area contributed by atoms with E-state index in [1.807, 2.05) is 0 Å². The first-order valence-corrected chi connectivity index (χ1v) is 5.90. The van der Waals surface area contributed by atoms with Gasteiger partial charge in [-0.05, 0) is 24.5 Å². The summed E-state index contributed by atoms with van der Waals surface area (Å²) in [6.07, 6.45) is 3.41. The molecule has 0 saturated carbocycles. The molecule has 1 aliphatic heterocycles. The molecule has 2 aromatic rings. The molecule has 82 valence electrons. The third-order valence-corrected chi connectivity index (χ3v) is 3.11. The van der Waals surface area contributed by atoms with Gasteiger partial charge in [0.1, 0.15) is 0 Å². The summed E-state index contributed by atoms with van der Waals surface area (Å²) < 4.78 is 0. The highest BCUT2D eigenvalue weighted by molar-refractivity contribution is 5.53. The van der Waals surface area contributed by atoms with Crippen molar-refractivity contribution in [2.24, 2.45) is 0 Å². The highest BCUT2D eigenvalue weighted by Gasteiger charge is 2.11. The number of hydrogen-bond acceptors (Lipinski definition) is 1. The number of aromatic nitrogens is 1. The summed E-state index contributed by atoms with van der Waals surface area (Å²) in [4.78, 5) is 3.52. The second-order valence-corrected chi connectivity index (χ2v) is 4.38. The van der Waals surface area contributed by atoms with E-state index in [0.717, 1.165) is 13.0 Å². The van der Waals surface area contributed by atoms with Crippen LogP contribution in [0.15, 0.2) is 36.4 Å². The number of aryl methyl sites for hydroxylation is 1. The molecule has 0 spiro atoms. The van der Waals surface area contributed by atoms with E-state index in [9.17, 15) is 0 Å². The molecule has 1 aliphatic rings. The fraction of sp³-hybridized carbons (Fsp3) is 0.286. The monoisotopic (exact) mass is 212 g/mol. The molecule has 1 aromatic carbocycles. The van der Waals surface area contributed by atoms with E-state index in [1.54, 1.807) is 0 Å². The highest BCUT2D eigenvalue weighted by Crippen LogP contribution is 2.23. The van der Waals surface area contributed by atoms with Gasteiger partial charge in [-0.15, -0.1) is 0 Å². The van der Waals surface area contributed by atoms with E-state index in [-0.39, 0.29) is 0 Å². The number of nitrogens with one attached hydrogen (secondary N) is 2. The molecule has 0 saturated heterocycles. The van der Waals surface area contributed by atoms with Crippen LogP contribution < -0.4 is 5.32 Å². The van der Waals surface area contributed by atoms with Crippen molar-refractivity contribution in [2.45, 2.75) is 19.3 Å². The van der Waals surface area contributed by atoms with Gasteiger partial charge in [0.15, 0.2) is 0 Å². The largest absolute Gasteiger partial charge is 0.384 e. The quantitative estimate of drug-likeness (QED) is 0.787. The molecule has 2 heteroatoms. The van der Waals surface area contributed by atoms with Crippen LogP contribution in [0.3, 0.4) is 0 Å². The van der Waals surface area contributed by atoms with Crippen LogP contribution in [0.25, 0.3) is 0 Å². The average Bonchev–Trinajstić information content (AvgIpc) is 2.72. The molecule has 2 nitrogen and oxygen atoms in total. The van der Waals surface area contributed by atoms with E-state index in [0.29, 0.717) is 0 Å². The fourth-order valence-electron chi connectivity index (χ4n) is 2.31. The zero-order chi connectivity index (χ0) is 10.8. The maximum absolute atomic E-state index is 3.52. The van der Waals surface area contributed by atoms with Gasteiger partial charge >= 0.3 is 0 Å². The molecule has 0 atom stereocenters. The van der Waals surface area contributed by atoms with Gasteiger partial charge < -0.3 is 10.3 Å². The van der Waals surface area contributed by atoms with Crippen molar-refractivity contribution in [3.63, 3.8) is 0 Å². The second-order valence-electron chi connectivity index (χ2n) is 4.38. The Morgan fingerprint density at radius 3 is 2.81 bits per heavy atom. The number of H-pyrrole nitrogens is 1. The van der Waals surface area contributed by atoms with Crippen LogP contribution in [-0.2, 0) is 12.8 Å².